The van der Waals surface area contributed by atoms with Gasteiger partial charge in [0.25, 0.3) is 0 Å². The number of benzene rings is 1. The Hall–Kier alpha value is -1.33. The van der Waals surface area contributed by atoms with Crippen LogP contribution < -0.4 is 0 Å². The highest BCUT2D eigenvalue weighted by atomic mass is 16.3. The van der Waals surface area contributed by atoms with Crippen LogP contribution in [0.5, 0.6) is 0 Å². The standard InChI is InChI=1S/C18H25NO/c1-13-7-9-18(12-19,10-8-13)17(4,20)16-6-5-14(2)15(3)11-16/h5-6,11,13,20H,7-10H2,1-4H3. The Morgan fingerprint density at radius 2 is 1.85 bits per heavy atom. The molecule has 2 heteroatoms. The van der Waals surface area contributed by atoms with E-state index >= 15 is 0 Å². The molecule has 0 bridgehead atoms. The molecular weight excluding hydrogens is 246 g/mol. The van der Waals surface area contributed by atoms with Crippen molar-refractivity contribution < 1.29 is 5.11 Å². The van der Waals surface area contributed by atoms with Crippen molar-refractivity contribution in [2.75, 3.05) is 0 Å². The minimum Gasteiger partial charge on any atom is -0.384 e. The summed E-state index contributed by atoms with van der Waals surface area (Å²) in [4.78, 5) is 0. The first kappa shape index (κ1) is 15.1. The van der Waals surface area contributed by atoms with E-state index < -0.39 is 11.0 Å². The molecule has 0 radical (unpaired) electrons. The highest BCUT2D eigenvalue weighted by molar-refractivity contribution is 5.36. The zero-order valence-corrected chi connectivity index (χ0v) is 13.0. The summed E-state index contributed by atoms with van der Waals surface area (Å²) in [6.07, 6.45) is 3.61. The highest BCUT2D eigenvalue weighted by Crippen LogP contribution is 2.50. The minimum atomic E-state index is -1.08. The second-order valence-corrected chi connectivity index (χ2v) is 6.75. The predicted octanol–water partition coefficient (Wildman–Crippen LogP) is 4.23. The summed E-state index contributed by atoms with van der Waals surface area (Å²) < 4.78 is 0. The Morgan fingerprint density at radius 3 is 2.35 bits per heavy atom. The van der Waals surface area contributed by atoms with E-state index in [9.17, 15) is 10.4 Å². The van der Waals surface area contributed by atoms with Gasteiger partial charge in [0, 0.05) is 0 Å². The van der Waals surface area contributed by atoms with Crippen LogP contribution in [-0.4, -0.2) is 5.11 Å². The first-order valence-electron chi connectivity index (χ1n) is 7.54. The molecule has 1 saturated carbocycles. The molecule has 2 rings (SSSR count). The fraction of sp³-hybridized carbons (Fsp3) is 0.611. The smallest absolute Gasteiger partial charge is 0.105 e. The summed E-state index contributed by atoms with van der Waals surface area (Å²) in [5.74, 6) is 0.659. The van der Waals surface area contributed by atoms with Crippen LogP contribution in [-0.2, 0) is 5.60 Å². The zero-order chi connectivity index (χ0) is 15.0. The van der Waals surface area contributed by atoms with Gasteiger partial charge < -0.3 is 5.11 Å². The maximum atomic E-state index is 11.1. The van der Waals surface area contributed by atoms with Crippen LogP contribution in [0.15, 0.2) is 18.2 Å². The van der Waals surface area contributed by atoms with Crippen molar-refractivity contribution >= 4 is 0 Å². The molecule has 0 spiro atoms. The second kappa shape index (κ2) is 5.22. The summed E-state index contributed by atoms with van der Waals surface area (Å²) in [5.41, 5.74) is 1.52. The molecule has 20 heavy (non-hydrogen) atoms. The molecule has 0 aliphatic heterocycles. The second-order valence-electron chi connectivity index (χ2n) is 6.75. The highest BCUT2D eigenvalue weighted by Gasteiger charge is 2.50. The van der Waals surface area contributed by atoms with Gasteiger partial charge in [0.15, 0.2) is 0 Å². The predicted molar refractivity (Wildman–Crippen MR) is 81.2 cm³/mol. The third-order valence-electron chi connectivity index (χ3n) is 5.34. The number of nitriles is 1. The first-order chi connectivity index (χ1) is 9.32. The summed E-state index contributed by atoms with van der Waals surface area (Å²) in [6.45, 7) is 8.16. The molecule has 1 aliphatic carbocycles. The fourth-order valence-electron chi connectivity index (χ4n) is 3.28. The molecule has 1 aromatic rings. The van der Waals surface area contributed by atoms with Crippen molar-refractivity contribution in [3.8, 4) is 6.07 Å². The largest absolute Gasteiger partial charge is 0.384 e. The van der Waals surface area contributed by atoms with Gasteiger partial charge in [0.1, 0.15) is 5.60 Å². The van der Waals surface area contributed by atoms with E-state index in [2.05, 4.69) is 26.8 Å². The molecule has 1 unspecified atom stereocenters. The van der Waals surface area contributed by atoms with E-state index in [1.807, 2.05) is 25.1 Å². The van der Waals surface area contributed by atoms with Crippen molar-refractivity contribution in [1.29, 1.82) is 5.26 Å². The number of aliphatic hydroxyl groups is 1. The molecule has 1 atom stereocenters. The van der Waals surface area contributed by atoms with Crippen molar-refractivity contribution in [2.24, 2.45) is 11.3 Å². The first-order valence-corrected chi connectivity index (χ1v) is 7.54. The van der Waals surface area contributed by atoms with E-state index in [-0.39, 0.29) is 0 Å². The molecule has 1 aromatic carbocycles. The van der Waals surface area contributed by atoms with Gasteiger partial charge in [-0.3, -0.25) is 0 Å². The average Bonchev–Trinajstić information content (AvgIpc) is 2.42. The molecule has 108 valence electrons. The van der Waals surface area contributed by atoms with Gasteiger partial charge in [-0.1, -0.05) is 25.1 Å². The normalized spacial score (nSPS) is 29.5. The average molecular weight is 271 g/mol. The molecular formula is C18H25NO. The molecule has 1 N–H and O–H groups in total. The lowest BCUT2D eigenvalue weighted by atomic mass is 9.61. The maximum absolute atomic E-state index is 11.1. The molecule has 2 nitrogen and oxygen atoms in total. The Labute approximate surface area is 122 Å². The van der Waals surface area contributed by atoms with Gasteiger partial charge in [-0.25, -0.2) is 0 Å². The summed E-state index contributed by atoms with van der Waals surface area (Å²) in [5, 5.41) is 20.9. The topological polar surface area (TPSA) is 44.0 Å². The van der Waals surface area contributed by atoms with Gasteiger partial charge in [-0.15, -0.1) is 0 Å². The lowest BCUT2D eigenvalue weighted by Gasteiger charge is -2.44. The molecule has 1 aliphatic rings. The van der Waals surface area contributed by atoms with Gasteiger partial charge in [-0.2, -0.15) is 5.26 Å². The Balaban J connectivity index is 2.41. The van der Waals surface area contributed by atoms with Crippen LogP contribution >= 0.6 is 0 Å². The fourth-order valence-corrected chi connectivity index (χ4v) is 3.28. The SMILES string of the molecule is Cc1ccc(C(C)(O)C2(C#N)CCC(C)CC2)cc1C. The number of aryl methyl sites for hydroxylation is 2. The van der Waals surface area contributed by atoms with Gasteiger partial charge >= 0.3 is 0 Å². The minimum absolute atomic E-state index is 0.652. The van der Waals surface area contributed by atoms with Crippen LogP contribution in [0.1, 0.15) is 56.2 Å². The van der Waals surface area contributed by atoms with Crippen molar-refractivity contribution in [3.05, 3.63) is 34.9 Å². The van der Waals surface area contributed by atoms with Crippen LogP contribution in [0.4, 0.5) is 0 Å². The van der Waals surface area contributed by atoms with Crippen molar-refractivity contribution in [2.45, 2.75) is 59.0 Å². The molecule has 0 saturated heterocycles. The van der Waals surface area contributed by atoms with Gasteiger partial charge in [0.2, 0.25) is 0 Å². The van der Waals surface area contributed by atoms with Gasteiger partial charge in [0.05, 0.1) is 11.5 Å². The maximum Gasteiger partial charge on any atom is 0.105 e. The van der Waals surface area contributed by atoms with E-state index in [1.165, 1.54) is 11.1 Å². The van der Waals surface area contributed by atoms with Crippen LogP contribution in [0.25, 0.3) is 0 Å². The number of nitrogens with zero attached hydrogens (tertiary/aromatic N) is 1. The monoisotopic (exact) mass is 271 g/mol. The Bertz CT molecular complexity index is 531. The van der Waals surface area contributed by atoms with Crippen LogP contribution in [0, 0.1) is 36.5 Å². The lowest BCUT2D eigenvalue weighted by molar-refractivity contribution is -0.0686. The Kier molecular flexibility index (Phi) is 3.93. The van der Waals surface area contributed by atoms with E-state index in [1.54, 1.807) is 0 Å². The zero-order valence-electron chi connectivity index (χ0n) is 13.0. The van der Waals surface area contributed by atoms with Crippen LogP contribution in [0.3, 0.4) is 0 Å². The Morgan fingerprint density at radius 1 is 1.25 bits per heavy atom. The van der Waals surface area contributed by atoms with Crippen molar-refractivity contribution in [3.63, 3.8) is 0 Å². The third-order valence-corrected chi connectivity index (χ3v) is 5.34. The third kappa shape index (κ3) is 2.36. The lowest BCUT2D eigenvalue weighted by Crippen LogP contribution is -2.45. The number of hydrogen-bond donors (Lipinski definition) is 1. The number of rotatable bonds is 2. The molecule has 0 amide bonds. The number of hydrogen-bond acceptors (Lipinski definition) is 2. The van der Waals surface area contributed by atoms with E-state index in [0.717, 1.165) is 31.2 Å². The van der Waals surface area contributed by atoms with Crippen LogP contribution in [0.2, 0.25) is 0 Å². The van der Waals surface area contributed by atoms with Gasteiger partial charge in [-0.05, 0) is 69.1 Å². The molecule has 1 fully saturated rings. The quantitative estimate of drug-likeness (QED) is 0.874. The summed E-state index contributed by atoms with van der Waals surface area (Å²) in [6, 6.07) is 8.50. The molecule has 0 heterocycles. The summed E-state index contributed by atoms with van der Waals surface area (Å²) >= 11 is 0. The van der Waals surface area contributed by atoms with E-state index in [0.29, 0.717) is 5.92 Å². The van der Waals surface area contributed by atoms with Crippen molar-refractivity contribution in [1.82, 2.24) is 0 Å². The summed E-state index contributed by atoms with van der Waals surface area (Å²) in [7, 11) is 0. The van der Waals surface area contributed by atoms with E-state index in [4.69, 9.17) is 0 Å². The molecule has 0 aromatic heterocycles.